The maximum atomic E-state index is 10.6. The van der Waals surface area contributed by atoms with E-state index >= 15 is 0 Å². The minimum Gasteiger partial charge on any atom is -0.298 e. The lowest BCUT2D eigenvalue weighted by Gasteiger charge is -2.02. The average Bonchev–Trinajstić information content (AvgIpc) is 2.23. The number of rotatable bonds is 1. The Kier molecular flexibility index (Phi) is 2.44. The van der Waals surface area contributed by atoms with Gasteiger partial charge in [-0.05, 0) is 17.5 Å². The van der Waals surface area contributed by atoms with Crippen LogP contribution in [0.3, 0.4) is 0 Å². The van der Waals surface area contributed by atoms with Crippen LogP contribution in [0, 0.1) is 0 Å². The van der Waals surface area contributed by atoms with Gasteiger partial charge in [-0.1, -0.05) is 41.4 Å². The van der Waals surface area contributed by atoms with Crippen molar-refractivity contribution in [2.24, 2.45) is 0 Å². The third kappa shape index (κ3) is 1.49. The van der Waals surface area contributed by atoms with E-state index < -0.39 is 0 Å². The average molecular weight is 225 g/mol. The van der Waals surface area contributed by atoms with Gasteiger partial charge in [-0.15, -0.1) is 0 Å². The Bertz CT molecular complexity index is 506. The number of aldehydes is 1. The van der Waals surface area contributed by atoms with Crippen LogP contribution in [-0.2, 0) is 0 Å². The first-order valence-electron chi connectivity index (χ1n) is 4.05. The van der Waals surface area contributed by atoms with Crippen LogP contribution in [0.4, 0.5) is 0 Å². The molecule has 0 radical (unpaired) electrons. The highest BCUT2D eigenvalue weighted by Gasteiger charge is 2.03. The normalized spacial score (nSPS) is 10.4. The van der Waals surface area contributed by atoms with Crippen LogP contribution in [0.5, 0.6) is 0 Å². The molecule has 70 valence electrons. The molecular formula is C11H6Cl2O. The molecule has 14 heavy (non-hydrogen) atoms. The van der Waals surface area contributed by atoms with Crippen LogP contribution in [0.25, 0.3) is 10.8 Å². The van der Waals surface area contributed by atoms with E-state index in [0.29, 0.717) is 15.6 Å². The zero-order valence-electron chi connectivity index (χ0n) is 7.13. The summed E-state index contributed by atoms with van der Waals surface area (Å²) in [4.78, 5) is 10.6. The second-order valence-electron chi connectivity index (χ2n) is 2.96. The van der Waals surface area contributed by atoms with Gasteiger partial charge < -0.3 is 0 Å². The lowest BCUT2D eigenvalue weighted by Crippen LogP contribution is -1.81. The zero-order valence-corrected chi connectivity index (χ0v) is 8.64. The van der Waals surface area contributed by atoms with Gasteiger partial charge in [-0.25, -0.2) is 0 Å². The van der Waals surface area contributed by atoms with Crippen molar-refractivity contribution in [1.82, 2.24) is 0 Å². The van der Waals surface area contributed by atoms with Crippen LogP contribution in [0.2, 0.25) is 10.0 Å². The first-order valence-corrected chi connectivity index (χ1v) is 4.81. The topological polar surface area (TPSA) is 17.1 Å². The zero-order chi connectivity index (χ0) is 10.1. The van der Waals surface area contributed by atoms with Crippen molar-refractivity contribution in [3.63, 3.8) is 0 Å². The van der Waals surface area contributed by atoms with E-state index in [9.17, 15) is 4.79 Å². The van der Waals surface area contributed by atoms with E-state index in [1.54, 1.807) is 18.2 Å². The van der Waals surface area contributed by atoms with Gasteiger partial charge in [0.25, 0.3) is 0 Å². The number of hydrogen-bond donors (Lipinski definition) is 0. The van der Waals surface area contributed by atoms with Crippen LogP contribution >= 0.6 is 23.2 Å². The summed E-state index contributed by atoms with van der Waals surface area (Å²) in [6.45, 7) is 0. The number of hydrogen-bond acceptors (Lipinski definition) is 1. The maximum Gasteiger partial charge on any atom is 0.150 e. The summed E-state index contributed by atoms with van der Waals surface area (Å²) in [6, 6.07) is 8.95. The number of fused-ring (bicyclic) bond motifs is 1. The van der Waals surface area contributed by atoms with Crippen molar-refractivity contribution < 1.29 is 4.79 Å². The molecule has 0 atom stereocenters. The van der Waals surface area contributed by atoms with E-state index in [-0.39, 0.29) is 0 Å². The molecule has 3 heteroatoms. The van der Waals surface area contributed by atoms with Gasteiger partial charge in [0.1, 0.15) is 6.29 Å². The molecule has 0 fully saturated rings. The molecule has 0 unspecified atom stereocenters. The van der Waals surface area contributed by atoms with E-state index in [1.807, 2.05) is 12.1 Å². The summed E-state index contributed by atoms with van der Waals surface area (Å²) < 4.78 is 0. The van der Waals surface area contributed by atoms with Crippen molar-refractivity contribution in [2.75, 3.05) is 0 Å². The molecule has 1 nitrogen and oxygen atoms in total. The van der Waals surface area contributed by atoms with E-state index in [0.717, 1.165) is 17.1 Å². The van der Waals surface area contributed by atoms with Gasteiger partial charge in [0.2, 0.25) is 0 Å². The van der Waals surface area contributed by atoms with Crippen molar-refractivity contribution in [2.45, 2.75) is 0 Å². The number of benzene rings is 2. The second kappa shape index (κ2) is 3.60. The molecule has 0 aliphatic rings. The third-order valence-corrected chi connectivity index (χ3v) is 2.89. The predicted octanol–water partition coefficient (Wildman–Crippen LogP) is 3.96. The molecule has 0 amide bonds. The highest BCUT2D eigenvalue weighted by atomic mass is 35.5. The van der Waals surface area contributed by atoms with Crippen molar-refractivity contribution in [3.05, 3.63) is 45.9 Å². The Morgan fingerprint density at radius 1 is 1.07 bits per heavy atom. The molecule has 2 aromatic carbocycles. The molecule has 2 aromatic rings. The lowest BCUT2D eigenvalue weighted by atomic mass is 10.1. The first kappa shape index (κ1) is 9.50. The van der Waals surface area contributed by atoms with E-state index in [4.69, 9.17) is 23.2 Å². The minimum absolute atomic E-state index is 0.493. The predicted molar refractivity (Wildman–Crippen MR) is 59.4 cm³/mol. The Morgan fingerprint density at radius 2 is 1.79 bits per heavy atom. The van der Waals surface area contributed by atoms with Crippen LogP contribution < -0.4 is 0 Å². The minimum atomic E-state index is 0.493. The Hall–Kier alpha value is -1.05. The van der Waals surface area contributed by atoms with Crippen LogP contribution in [0.1, 0.15) is 10.4 Å². The number of halogens is 2. The second-order valence-corrected chi connectivity index (χ2v) is 3.74. The van der Waals surface area contributed by atoms with E-state index in [1.165, 1.54) is 0 Å². The fraction of sp³-hybridized carbons (Fsp3) is 0. The fourth-order valence-corrected chi connectivity index (χ4v) is 1.74. The molecule has 0 aromatic heterocycles. The van der Waals surface area contributed by atoms with Gasteiger partial charge >= 0.3 is 0 Å². The summed E-state index contributed by atoms with van der Waals surface area (Å²) in [5.41, 5.74) is 0.599. The highest BCUT2D eigenvalue weighted by Crippen LogP contribution is 2.30. The molecule has 2 rings (SSSR count). The van der Waals surface area contributed by atoms with Gasteiger partial charge in [-0.2, -0.15) is 0 Å². The number of carbonyl (C=O) groups excluding carboxylic acids is 1. The van der Waals surface area contributed by atoms with E-state index in [2.05, 4.69) is 0 Å². The maximum absolute atomic E-state index is 10.6. The van der Waals surface area contributed by atoms with Crippen molar-refractivity contribution in [3.8, 4) is 0 Å². The standard InChI is InChI=1S/C11H6Cl2O/c12-10-4-3-8-2-1-7(6-14)5-9(8)11(10)13/h1-6H. The molecule has 0 saturated heterocycles. The Labute approximate surface area is 91.2 Å². The molecule has 0 spiro atoms. The van der Waals surface area contributed by atoms with Gasteiger partial charge in [0.15, 0.2) is 0 Å². The summed E-state index contributed by atoms with van der Waals surface area (Å²) >= 11 is 11.9. The van der Waals surface area contributed by atoms with Crippen molar-refractivity contribution in [1.29, 1.82) is 0 Å². The first-order chi connectivity index (χ1) is 6.72. The van der Waals surface area contributed by atoms with Gasteiger partial charge in [-0.3, -0.25) is 4.79 Å². The molecule has 0 N–H and O–H groups in total. The molecule has 0 bridgehead atoms. The van der Waals surface area contributed by atoms with Crippen LogP contribution in [0.15, 0.2) is 30.3 Å². The summed E-state index contributed by atoms with van der Waals surface area (Å²) in [5.74, 6) is 0. The smallest absolute Gasteiger partial charge is 0.150 e. The fourth-order valence-electron chi connectivity index (χ4n) is 1.35. The quantitative estimate of drug-likeness (QED) is 0.671. The molecule has 0 heterocycles. The molecule has 0 saturated carbocycles. The summed E-state index contributed by atoms with van der Waals surface area (Å²) in [6.07, 6.45) is 0.788. The van der Waals surface area contributed by atoms with Crippen LogP contribution in [-0.4, -0.2) is 6.29 Å². The molecule has 0 aliphatic heterocycles. The monoisotopic (exact) mass is 224 g/mol. The summed E-state index contributed by atoms with van der Waals surface area (Å²) in [7, 11) is 0. The lowest BCUT2D eigenvalue weighted by molar-refractivity contribution is 0.112. The third-order valence-electron chi connectivity index (χ3n) is 2.07. The van der Waals surface area contributed by atoms with Gasteiger partial charge in [0.05, 0.1) is 10.0 Å². The van der Waals surface area contributed by atoms with Crippen molar-refractivity contribution >= 4 is 40.3 Å². The highest BCUT2D eigenvalue weighted by molar-refractivity contribution is 6.45. The number of carbonyl (C=O) groups is 1. The summed E-state index contributed by atoms with van der Waals surface area (Å²) in [5, 5.41) is 2.78. The molecular weight excluding hydrogens is 219 g/mol. The Balaban J connectivity index is 2.84. The Morgan fingerprint density at radius 3 is 2.50 bits per heavy atom. The molecule has 0 aliphatic carbocycles. The van der Waals surface area contributed by atoms with Gasteiger partial charge in [0, 0.05) is 10.9 Å². The largest absolute Gasteiger partial charge is 0.298 e. The SMILES string of the molecule is O=Cc1ccc2ccc(Cl)c(Cl)c2c1.